The topological polar surface area (TPSA) is 66.0 Å². The number of rotatable bonds is 3. The van der Waals surface area contributed by atoms with Gasteiger partial charge in [0.15, 0.2) is 0 Å². The van der Waals surface area contributed by atoms with Gasteiger partial charge in [-0.3, -0.25) is 0 Å². The van der Waals surface area contributed by atoms with Crippen molar-refractivity contribution in [3.8, 4) is 0 Å². The summed E-state index contributed by atoms with van der Waals surface area (Å²) >= 11 is 0. The first kappa shape index (κ1) is 11.2. The normalized spacial score (nSPS) is 17.4. The van der Waals surface area contributed by atoms with Crippen molar-refractivity contribution in [2.24, 2.45) is 13.0 Å². The maximum absolute atomic E-state index is 5.87. The second-order valence-electron chi connectivity index (χ2n) is 4.75. The Kier molecular flexibility index (Phi) is 2.76. The molecule has 1 saturated heterocycles. The van der Waals surface area contributed by atoms with Crippen molar-refractivity contribution in [1.82, 2.24) is 14.8 Å². The zero-order chi connectivity index (χ0) is 12.5. The fraction of sp³-hybridized carbons (Fsp3) is 0.385. The van der Waals surface area contributed by atoms with E-state index in [9.17, 15) is 0 Å². The van der Waals surface area contributed by atoms with Gasteiger partial charge in [0.1, 0.15) is 12.2 Å². The quantitative estimate of drug-likeness (QED) is 0.823. The minimum Gasteiger partial charge on any atom is -0.399 e. The summed E-state index contributed by atoms with van der Waals surface area (Å²) in [6.07, 6.45) is 1.73. The van der Waals surface area contributed by atoms with E-state index >= 15 is 0 Å². The summed E-state index contributed by atoms with van der Waals surface area (Å²) in [4.78, 5) is 0. The molecule has 94 valence electrons. The third-order valence-electron chi connectivity index (χ3n) is 3.43. The molecule has 1 aromatic heterocycles. The van der Waals surface area contributed by atoms with Gasteiger partial charge in [-0.25, -0.2) is 0 Å². The Morgan fingerprint density at radius 3 is 2.83 bits per heavy atom. The van der Waals surface area contributed by atoms with E-state index in [1.807, 2.05) is 29.8 Å². The molecule has 5 heteroatoms. The molecule has 0 bridgehead atoms. The van der Waals surface area contributed by atoms with Crippen LogP contribution in [-0.4, -0.2) is 28.0 Å². The highest BCUT2D eigenvalue weighted by Crippen LogP contribution is 2.35. The molecule has 0 unspecified atom stereocenters. The van der Waals surface area contributed by atoms with Crippen molar-refractivity contribution in [1.29, 1.82) is 0 Å². The number of aryl methyl sites for hydroxylation is 1. The highest BCUT2D eigenvalue weighted by molar-refractivity contribution is 5.43. The van der Waals surface area contributed by atoms with E-state index < -0.39 is 0 Å². The predicted octanol–water partition coefficient (Wildman–Crippen LogP) is 1.18. The van der Waals surface area contributed by atoms with E-state index in [2.05, 4.69) is 16.3 Å². The average Bonchev–Trinajstić information content (AvgIpc) is 2.69. The van der Waals surface area contributed by atoms with Crippen LogP contribution in [0.4, 0.5) is 5.69 Å². The lowest BCUT2D eigenvalue weighted by Crippen LogP contribution is -2.34. The summed E-state index contributed by atoms with van der Waals surface area (Å²) in [6, 6.07) is 7.98. The first-order valence-electron chi connectivity index (χ1n) is 6.03. The highest BCUT2D eigenvalue weighted by atomic mass is 16.5. The Bertz CT molecular complexity index is 547. The second kappa shape index (κ2) is 4.42. The van der Waals surface area contributed by atoms with Crippen LogP contribution in [0.3, 0.4) is 0 Å². The molecule has 1 atom stereocenters. The fourth-order valence-corrected chi connectivity index (χ4v) is 2.40. The van der Waals surface area contributed by atoms with Crippen molar-refractivity contribution in [2.75, 3.05) is 18.9 Å². The van der Waals surface area contributed by atoms with Crippen molar-refractivity contribution in [3.63, 3.8) is 0 Å². The lowest BCUT2D eigenvalue weighted by molar-refractivity contribution is -0.0407. The molecule has 1 aliphatic rings. The molecular weight excluding hydrogens is 228 g/mol. The number of aromatic nitrogens is 3. The molecule has 1 aromatic carbocycles. The minimum atomic E-state index is 0.203. The molecular formula is C13H16N4O. The smallest absolute Gasteiger partial charge is 0.140 e. The SMILES string of the molecule is Cn1cnnc1[C@H](c1cccc(N)c1)C1COC1. The number of benzene rings is 1. The Balaban J connectivity index is 2.03. The number of nitrogens with zero attached hydrogens (tertiary/aromatic N) is 3. The average molecular weight is 244 g/mol. The highest BCUT2D eigenvalue weighted by Gasteiger charge is 2.33. The van der Waals surface area contributed by atoms with Crippen molar-refractivity contribution in [3.05, 3.63) is 42.0 Å². The molecule has 18 heavy (non-hydrogen) atoms. The lowest BCUT2D eigenvalue weighted by atomic mass is 9.84. The molecule has 0 spiro atoms. The van der Waals surface area contributed by atoms with E-state index in [1.54, 1.807) is 6.33 Å². The van der Waals surface area contributed by atoms with E-state index in [1.165, 1.54) is 5.56 Å². The first-order valence-corrected chi connectivity index (χ1v) is 6.03. The van der Waals surface area contributed by atoms with Crippen LogP contribution in [0.1, 0.15) is 17.3 Å². The van der Waals surface area contributed by atoms with Crippen LogP contribution in [-0.2, 0) is 11.8 Å². The monoisotopic (exact) mass is 244 g/mol. The van der Waals surface area contributed by atoms with Crippen molar-refractivity contribution in [2.45, 2.75) is 5.92 Å². The second-order valence-corrected chi connectivity index (χ2v) is 4.75. The van der Waals surface area contributed by atoms with Gasteiger partial charge in [-0.1, -0.05) is 12.1 Å². The zero-order valence-corrected chi connectivity index (χ0v) is 10.3. The third-order valence-corrected chi connectivity index (χ3v) is 3.43. The molecule has 2 aromatic rings. The molecule has 0 amide bonds. The molecule has 1 fully saturated rings. The summed E-state index contributed by atoms with van der Waals surface area (Å²) in [5, 5.41) is 8.21. The van der Waals surface area contributed by atoms with E-state index in [0.29, 0.717) is 5.92 Å². The molecule has 0 aliphatic carbocycles. The lowest BCUT2D eigenvalue weighted by Gasteiger charge is -2.33. The van der Waals surface area contributed by atoms with Crippen molar-refractivity contribution < 1.29 is 4.74 Å². The number of hydrogen-bond acceptors (Lipinski definition) is 4. The molecule has 3 rings (SSSR count). The van der Waals surface area contributed by atoms with Crippen LogP contribution in [0.5, 0.6) is 0 Å². The Morgan fingerprint density at radius 1 is 1.44 bits per heavy atom. The summed E-state index contributed by atoms with van der Waals surface area (Å²) in [5.74, 6) is 1.62. The standard InChI is InChI=1S/C13H16N4O/c1-17-8-15-16-13(17)12(10-6-18-7-10)9-3-2-4-11(14)5-9/h2-5,8,10,12H,6-7,14H2,1H3/t12-/m1/s1. The number of anilines is 1. The zero-order valence-electron chi connectivity index (χ0n) is 10.3. The van der Waals surface area contributed by atoms with Crippen LogP contribution in [0.25, 0.3) is 0 Å². The molecule has 2 N–H and O–H groups in total. The van der Waals surface area contributed by atoms with E-state index in [4.69, 9.17) is 10.5 Å². The van der Waals surface area contributed by atoms with E-state index in [-0.39, 0.29) is 5.92 Å². The number of nitrogens with two attached hydrogens (primary N) is 1. The van der Waals surface area contributed by atoms with Crippen LogP contribution in [0, 0.1) is 5.92 Å². The van der Waals surface area contributed by atoms with Gasteiger partial charge in [0.2, 0.25) is 0 Å². The van der Waals surface area contributed by atoms with Gasteiger partial charge < -0.3 is 15.0 Å². The van der Waals surface area contributed by atoms with Gasteiger partial charge in [0, 0.05) is 18.7 Å². The number of nitrogen functional groups attached to an aromatic ring is 1. The summed E-state index contributed by atoms with van der Waals surface area (Å²) in [7, 11) is 1.97. The largest absolute Gasteiger partial charge is 0.399 e. The van der Waals surface area contributed by atoms with Crippen molar-refractivity contribution >= 4 is 5.69 Å². The van der Waals surface area contributed by atoms with Gasteiger partial charge in [-0.2, -0.15) is 0 Å². The third kappa shape index (κ3) is 1.86. The predicted molar refractivity (Wildman–Crippen MR) is 68.0 cm³/mol. The fourth-order valence-electron chi connectivity index (χ4n) is 2.40. The summed E-state index contributed by atoms with van der Waals surface area (Å²) in [5.41, 5.74) is 7.83. The van der Waals surface area contributed by atoms with E-state index in [0.717, 1.165) is 24.7 Å². The van der Waals surface area contributed by atoms with Gasteiger partial charge in [-0.15, -0.1) is 10.2 Å². The Morgan fingerprint density at radius 2 is 2.28 bits per heavy atom. The van der Waals surface area contributed by atoms with Crippen LogP contribution in [0.15, 0.2) is 30.6 Å². The van der Waals surface area contributed by atoms with Gasteiger partial charge in [-0.05, 0) is 17.7 Å². The van der Waals surface area contributed by atoms with Crippen LogP contribution in [0.2, 0.25) is 0 Å². The summed E-state index contributed by atoms with van der Waals surface area (Å²) in [6.45, 7) is 1.54. The van der Waals surface area contributed by atoms with Crippen LogP contribution < -0.4 is 5.73 Å². The maximum atomic E-state index is 5.87. The Labute approximate surface area is 106 Å². The molecule has 5 nitrogen and oxygen atoms in total. The molecule has 0 radical (unpaired) electrons. The van der Waals surface area contributed by atoms with Gasteiger partial charge >= 0.3 is 0 Å². The molecule has 0 saturated carbocycles. The first-order chi connectivity index (χ1) is 8.75. The molecule has 2 heterocycles. The maximum Gasteiger partial charge on any atom is 0.140 e. The summed E-state index contributed by atoms with van der Waals surface area (Å²) < 4.78 is 7.28. The minimum absolute atomic E-state index is 0.203. The number of ether oxygens (including phenoxy) is 1. The van der Waals surface area contributed by atoms with Gasteiger partial charge in [0.25, 0.3) is 0 Å². The van der Waals surface area contributed by atoms with Crippen LogP contribution >= 0.6 is 0 Å². The molecule has 1 aliphatic heterocycles. The number of hydrogen-bond donors (Lipinski definition) is 1. The Hall–Kier alpha value is -1.88. The van der Waals surface area contributed by atoms with Gasteiger partial charge in [0.05, 0.1) is 19.1 Å².